The van der Waals surface area contributed by atoms with Crippen LogP contribution in [0.4, 0.5) is 0 Å². The summed E-state index contributed by atoms with van der Waals surface area (Å²) in [5.74, 6) is 0.321. The molecule has 0 fully saturated rings. The van der Waals surface area contributed by atoms with Gasteiger partial charge in [-0.2, -0.15) is 8.42 Å². The average molecular weight is 189 g/mol. The first kappa shape index (κ1) is 9.12. The number of rotatable bonds is 2. The van der Waals surface area contributed by atoms with Crippen molar-refractivity contribution in [1.82, 2.24) is 0 Å². The lowest BCUT2D eigenvalue weighted by molar-refractivity contribution is 0.421. The Morgan fingerprint density at radius 3 is 2.75 bits per heavy atom. The van der Waals surface area contributed by atoms with Crippen LogP contribution in [-0.4, -0.2) is 14.7 Å². The molecule has 0 bridgehead atoms. The van der Waals surface area contributed by atoms with Crippen LogP contribution in [0.2, 0.25) is 0 Å². The van der Waals surface area contributed by atoms with Crippen LogP contribution in [0.5, 0.6) is 0 Å². The summed E-state index contributed by atoms with van der Waals surface area (Å²) in [6.45, 7) is 0. The van der Waals surface area contributed by atoms with Crippen molar-refractivity contribution in [2.24, 2.45) is 5.73 Å². The molecule has 0 spiro atoms. The third kappa shape index (κ3) is 2.96. The van der Waals surface area contributed by atoms with Gasteiger partial charge in [0.25, 0.3) is 0 Å². The van der Waals surface area contributed by atoms with Gasteiger partial charge < -0.3 is 9.92 Å². The summed E-state index contributed by atoms with van der Waals surface area (Å²) in [4.78, 5) is 0. The van der Waals surface area contributed by atoms with Gasteiger partial charge in [0, 0.05) is 11.8 Å². The van der Waals surface area contributed by atoms with Crippen LogP contribution >= 0.6 is 0 Å². The van der Waals surface area contributed by atoms with E-state index in [-0.39, 0.29) is 0 Å². The molecule has 12 heavy (non-hydrogen) atoms. The minimum absolute atomic E-state index is 0.321. The first-order chi connectivity index (χ1) is 5.47. The summed E-state index contributed by atoms with van der Waals surface area (Å²) in [6.07, 6.45) is 5.73. The van der Waals surface area contributed by atoms with Crippen LogP contribution in [-0.2, 0) is 14.3 Å². The highest BCUT2D eigenvalue weighted by Gasteiger charge is 2.08. The van der Waals surface area contributed by atoms with Crippen LogP contribution in [0.1, 0.15) is 12.8 Å². The summed E-state index contributed by atoms with van der Waals surface area (Å²) in [5.41, 5.74) is 6.14. The summed E-state index contributed by atoms with van der Waals surface area (Å²) < 4.78 is 26.0. The molecule has 0 heterocycles. The van der Waals surface area contributed by atoms with E-state index in [9.17, 15) is 8.42 Å². The normalized spacial score (nSPS) is 18.1. The number of hydrogen-bond acceptors (Lipinski definition) is 4. The van der Waals surface area contributed by atoms with E-state index < -0.39 is 10.1 Å². The van der Waals surface area contributed by atoms with Crippen molar-refractivity contribution < 1.29 is 12.6 Å². The molecule has 1 aliphatic carbocycles. The Hall–Kier alpha value is -0.970. The third-order valence-corrected chi connectivity index (χ3v) is 1.85. The van der Waals surface area contributed by atoms with Crippen molar-refractivity contribution in [3.63, 3.8) is 0 Å². The largest absolute Gasteiger partial charge is 0.402 e. The Labute approximate surface area is 71.8 Å². The molecule has 0 saturated carbocycles. The molecule has 0 amide bonds. The summed E-state index contributed by atoms with van der Waals surface area (Å²) in [5, 5.41) is 0. The lowest BCUT2D eigenvalue weighted by atomic mass is 10.1. The van der Waals surface area contributed by atoms with E-state index in [0.717, 1.165) is 19.1 Å². The van der Waals surface area contributed by atoms with Crippen LogP contribution < -0.4 is 5.73 Å². The summed E-state index contributed by atoms with van der Waals surface area (Å²) >= 11 is 0. The lowest BCUT2D eigenvalue weighted by Crippen LogP contribution is -2.07. The topological polar surface area (TPSA) is 69.4 Å². The minimum Gasteiger partial charge on any atom is -0.402 e. The molecule has 68 valence electrons. The zero-order valence-electron chi connectivity index (χ0n) is 6.78. The molecule has 0 aliphatic heterocycles. The second-order valence-corrected chi connectivity index (χ2v) is 4.23. The van der Waals surface area contributed by atoms with E-state index in [1.807, 2.05) is 0 Å². The van der Waals surface area contributed by atoms with Crippen LogP contribution in [0.3, 0.4) is 0 Å². The quantitative estimate of drug-likeness (QED) is 0.641. The molecule has 4 nitrogen and oxygen atoms in total. The predicted molar refractivity (Wildman–Crippen MR) is 45.5 cm³/mol. The maximum absolute atomic E-state index is 10.7. The van der Waals surface area contributed by atoms with Crippen molar-refractivity contribution in [1.29, 1.82) is 0 Å². The molecular formula is C7H11NO3S. The van der Waals surface area contributed by atoms with Gasteiger partial charge in [-0.15, -0.1) is 0 Å². The standard InChI is InChI=1S/C7H11NO3S/c1-12(9,10)11-7-4-2-3-6(8)5-7/h4-5H,2-3,8H2,1H3. The van der Waals surface area contributed by atoms with Gasteiger partial charge in [0.05, 0.1) is 6.26 Å². The molecule has 0 atom stereocenters. The number of allylic oxidation sites excluding steroid dienone is 3. The highest BCUT2D eigenvalue weighted by atomic mass is 32.2. The molecule has 5 heteroatoms. The minimum atomic E-state index is -3.42. The van der Waals surface area contributed by atoms with Gasteiger partial charge >= 0.3 is 10.1 Å². The summed E-state index contributed by atoms with van der Waals surface area (Å²) in [7, 11) is -3.42. The van der Waals surface area contributed by atoms with Crippen molar-refractivity contribution >= 4 is 10.1 Å². The van der Waals surface area contributed by atoms with E-state index >= 15 is 0 Å². The van der Waals surface area contributed by atoms with E-state index in [1.165, 1.54) is 6.08 Å². The third-order valence-electron chi connectivity index (χ3n) is 1.35. The first-order valence-electron chi connectivity index (χ1n) is 3.53. The van der Waals surface area contributed by atoms with Gasteiger partial charge in [-0.05, 0) is 18.9 Å². The fourth-order valence-corrected chi connectivity index (χ4v) is 1.39. The SMILES string of the molecule is CS(=O)(=O)OC1=CCCC(N)=C1. The van der Waals surface area contributed by atoms with E-state index in [1.54, 1.807) is 6.08 Å². The highest BCUT2D eigenvalue weighted by molar-refractivity contribution is 7.86. The zero-order chi connectivity index (χ0) is 9.19. The molecule has 1 rings (SSSR count). The predicted octanol–water partition coefficient (Wildman–Crippen LogP) is 0.483. The molecule has 2 N–H and O–H groups in total. The molecule has 0 aromatic carbocycles. The van der Waals surface area contributed by atoms with Crippen LogP contribution in [0, 0.1) is 0 Å². The Morgan fingerprint density at radius 2 is 2.25 bits per heavy atom. The Bertz CT molecular complexity index is 327. The highest BCUT2D eigenvalue weighted by Crippen LogP contribution is 2.15. The van der Waals surface area contributed by atoms with Crippen molar-refractivity contribution in [2.75, 3.05) is 6.26 Å². The molecule has 0 saturated heterocycles. The molecule has 1 aliphatic rings. The molecule has 0 radical (unpaired) electrons. The molecular weight excluding hydrogens is 178 g/mol. The molecule has 0 unspecified atom stereocenters. The lowest BCUT2D eigenvalue weighted by Gasteiger charge is -2.09. The van der Waals surface area contributed by atoms with Gasteiger partial charge in [-0.1, -0.05) is 0 Å². The monoisotopic (exact) mass is 189 g/mol. The van der Waals surface area contributed by atoms with Gasteiger partial charge in [0.2, 0.25) is 0 Å². The fourth-order valence-electron chi connectivity index (χ4n) is 0.928. The second kappa shape index (κ2) is 3.18. The van der Waals surface area contributed by atoms with Crippen molar-refractivity contribution in [3.05, 3.63) is 23.6 Å². The Kier molecular flexibility index (Phi) is 2.42. The maximum Gasteiger partial charge on any atom is 0.306 e. The van der Waals surface area contributed by atoms with E-state index in [0.29, 0.717) is 11.5 Å². The Balaban J connectivity index is 2.72. The molecule has 0 aromatic rings. The summed E-state index contributed by atoms with van der Waals surface area (Å²) in [6, 6.07) is 0. The first-order valence-corrected chi connectivity index (χ1v) is 5.35. The van der Waals surface area contributed by atoms with Crippen molar-refractivity contribution in [2.45, 2.75) is 12.8 Å². The van der Waals surface area contributed by atoms with Gasteiger partial charge in [0.15, 0.2) is 0 Å². The Morgan fingerprint density at radius 1 is 1.58 bits per heavy atom. The maximum atomic E-state index is 10.7. The average Bonchev–Trinajstić information content (AvgIpc) is 1.82. The fraction of sp³-hybridized carbons (Fsp3) is 0.429. The van der Waals surface area contributed by atoms with Crippen molar-refractivity contribution in [3.8, 4) is 0 Å². The zero-order valence-corrected chi connectivity index (χ0v) is 7.60. The smallest absolute Gasteiger partial charge is 0.306 e. The van der Waals surface area contributed by atoms with Gasteiger partial charge in [-0.3, -0.25) is 0 Å². The van der Waals surface area contributed by atoms with Crippen LogP contribution in [0.25, 0.3) is 0 Å². The van der Waals surface area contributed by atoms with Crippen LogP contribution in [0.15, 0.2) is 23.6 Å². The van der Waals surface area contributed by atoms with Gasteiger partial charge in [0.1, 0.15) is 5.76 Å². The van der Waals surface area contributed by atoms with Gasteiger partial charge in [-0.25, -0.2) is 0 Å². The molecule has 0 aromatic heterocycles. The number of nitrogens with two attached hydrogens (primary N) is 1. The van der Waals surface area contributed by atoms with E-state index in [2.05, 4.69) is 4.18 Å². The number of hydrogen-bond donors (Lipinski definition) is 1. The van der Waals surface area contributed by atoms with E-state index in [4.69, 9.17) is 5.73 Å². The second-order valence-electron chi connectivity index (χ2n) is 2.65.